The number of hydrogen-bond acceptors (Lipinski definition) is 5. The van der Waals surface area contributed by atoms with Crippen LogP contribution in [0.15, 0.2) is 30.7 Å². The Bertz CT molecular complexity index is 1020. The number of nitrogens with zero attached hydrogens (tertiary/aromatic N) is 5. The molecule has 0 aliphatic heterocycles. The van der Waals surface area contributed by atoms with E-state index < -0.39 is 5.91 Å². The lowest BCUT2D eigenvalue weighted by Crippen LogP contribution is -2.12. The van der Waals surface area contributed by atoms with Gasteiger partial charge in [0.2, 0.25) is 5.82 Å². The maximum Gasteiger partial charge on any atom is 0.265 e. The van der Waals surface area contributed by atoms with Crippen LogP contribution >= 0.6 is 0 Å². The first kappa shape index (κ1) is 12.5. The molecule has 8 heteroatoms. The van der Waals surface area contributed by atoms with E-state index in [0.29, 0.717) is 34.1 Å². The van der Waals surface area contributed by atoms with Gasteiger partial charge in [0.15, 0.2) is 5.65 Å². The molecule has 0 fully saturated rings. The van der Waals surface area contributed by atoms with Gasteiger partial charge >= 0.3 is 0 Å². The van der Waals surface area contributed by atoms with Crippen molar-refractivity contribution in [2.75, 3.05) is 0 Å². The van der Waals surface area contributed by atoms with Crippen LogP contribution in [0.5, 0.6) is 0 Å². The third kappa shape index (κ3) is 1.67. The minimum Gasteiger partial charge on any atom is -0.364 e. The molecule has 0 bridgehead atoms. The molecule has 4 aromatic rings. The maximum atomic E-state index is 11.5. The van der Waals surface area contributed by atoms with E-state index >= 15 is 0 Å². The van der Waals surface area contributed by atoms with Crippen LogP contribution in [0.2, 0.25) is 0 Å². The molecule has 8 nitrogen and oxygen atoms in total. The number of fused-ring (bicyclic) bond motifs is 3. The predicted molar refractivity (Wildman–Crippen MR) is 79.1 cm³/mol. The lowest BCUT2D eigenvalue weighted by molar-refractivity contribution is 0.0996. The van der Waals surface area contributed by atoms with Crippen molar-refractivity contribution in [2.45, 2.75) is 6.92 Å². The Balaban J connectivity index is 2.04. The van der Waals surface area contributed by atoms with E-state index in [1.54, 1.807) is 17.6 Å². The van der Waals surface area contributed by atoms with E-state index in [1.807, 2.05) is 18.2 Å². The Morgan fingerprint density at radius 3 is 2.91 bits per heavy atom. The summed E-state index contributed by atoms with van der Waals surface area (Å²) in [6.45, 7) is 1.80. The molecule has 0 atom stereocenters. The fourth-order valence-corrected chi connectivity index (χ4v) is 2.48. The number of carbonyl (C=O) groups excluding carboxylic acids is 1. The molecule has 0 aliphatic carbocycles. The van der Waals surface area contributed by atoms with Gasteiger partial charge in [0, 0.05) is 6.20 Å². The van der Waals surface area contributed by atoms with Crippen LogP contribution in [-0.2, 0) is 0 Å². The zero-order chi connectivity index (χ0) is 15.3. The first-order valence-electron chi connectivity index (χ1n) is 6.60. The number of aryl methyl sites for hydroxylation is 1. The van der Waals surface area contributed by atoms with Gasteiger partial charge in [-0.15, -0.1) is 5.10 Å². The van der Waals surface area contributed by atoms with Crippen LogP contribution in [0, 0.1) is 6.92 Å². The van der Waals surface area contributed by atoms with Crippen LogP contribution in [0.4, 0.5) is 0 Å². The zero-order valence-electron chi connectivity index (χ0n) is 11.6. The van der Waals surface area contributed by atoms with Gasteiger partial charge in [0.25, 0.3) is 5.91 Å². The molecule has 4 aromatic heterocycles. The second-order valence-electron chi connectivity index (χ2n) is 4.88. The van der Waals surface area contributed by atoms with E-state index in [4.69, 9.17) is 5.73 Å². The van der Waals surface area contributed by atoms with Crippen LogP contribution in [0.25, 0.3) is 28.2 Å². The lowest BCUT2D eigenvalue weighted by atomic mass is 10.2. The lowest BCUT2D eigenvalue weighted by Gasteiger charge is -1.93. The molecular formula is C14H11N7O. The first-order valence-corrected chi connectivity index (χ1v) is 6.60. The Morgan fingerprint density at radius 2 is 2.18 bits per heavy atom. The minimum absolute atomic E-state index is 0.331. The molecule has 0 spiro atoms. The Hall–Kier alpha value is -3.29. The highest BCUT2D eigenvalue weighted by molar-refractivity contribution is 6.03. The summed E-state index contributed by atoms with van der Waals surface area (Å²) in [5, 5.41) is 5.11. The topological polar surface area (TPSA) is 115 Å². The van der Waals surface area contributed by atoms with Gasteiger partial charge in [0.1, 0.15) is 23.4 Å². The van der Waals surface area contributed by atoms with Crippen molar-refractivity contribution >= 4 is 22.6 Å². The third-order valence-corrected chi connectivity index (χ3v) is 3.52. The number of hydrogen-bond donors (Lipinski definition) is 2. The highest BCUT2D eigenvalue weighted by Crippen LogP contribution is 2.24. The molecule has 0 aliphatic rings. The average Bonchev–Trinajstić information content (AvgIpc) is 3.09. The molecule has 3 N–H and O–H groups in total. The minimum atomic E-state index is -0.530. The van der Waals surface area contributed by atoms with Crippen LogP contribution in [0.1, 0.15) is 16.1 Å². The largest absolute Gasteiger partial charge is 0.364 e. The summed E-state index contributed by atoms with van der Waals surface area (Å²) in [5.74, 6) is -0.0331. The summed E-state index contributed by atoms with van der Waals surface area (Å²) in [4.78, 5) is 27.4. The highest BCUT2D eigenvalue weighted by atomic mass is 16.1. The van der Waals surface area contributed by atoms with E-state index in [-0.39, 0.29) is 0 Å². The van der Waals surface area contributed by atoms with Crippen LogP contribution in [0.3, 0.4) is 0 Å². The van der Waals surface area contributed by atoms with Gasteiger partial charge in [0.05, 0.1) is 5.39 Å². The number of aromatic nitrogens is 6. The summed E-state index contributed by atoms with van der Waals surface area (Å²) >= 11 is 0. The van der Waals surface area contributed by atoms with Crippen LogP contribution in [-0.4, -0.2) is 35.5 Å². The van der Waals surface area contributed by atoms with Crippen molar-refractivity contribution in [1.29, 1.82) is 0 Å². The molecule has 0 unspecified atom stereocenters. The normalized spacial score (nSPS) is 11.3. The quantitative estimate of drug-likeness (QED) is 0.573. The number of amides is 1. The Kier molecular flexibility index (Phi) is 2.46. The van der Waals surface area contributed by atoms with Crippen molar-refractivity contribution in [3.8, 4) is 11.5 Å². The van der Waals surface area contributed by atoms with Crippen molar-refractivity contribution in [3.05, 3.63) is 42.0 Å². The molecule has 108 valence electrons. The number of nitrogens with one attached hydrogen (secondary N) is 1. The van der Waals surface area contributed by atoms with Crippen molar-refractivity contribution in [1.82, 2.24) is 29.5 Å². The van der Waals surface area contributed by atoms with Gasteiger partial charge in [-0.05, 0) is 24.6 Å². The molecule has 1 amide bonds. The van der Waals surface area contributed by atoms with Crippen molar-refractivity contribution in [3.63, 3.8) is 0 Å². The standard InChI is InChI=1S/C14H11N7O/c1-7-9-13(18-10(7)11(15)22)17-6-21-14(9)19-12(20-21)8-4-2-3-5-16-8/h2-6,18H,1H3,(H2,15,22). The van der Waals surface area contributed by atoms with Gasteiger partial charge in [-0.25, -0.2) is 14.5 Å². The number of primary amides is 1. The first-order chi connectivity index (χ1) is 10.6. The number of aromatic amines is 1. The zero-order valence-corrected chi connectivity index (χ0v) is 11.6. The molecule has 0 radical (unpaired) electrons. The molecular weight excluding hydrogens is 282 g/mol. The second-order valence-corrected chi connectivity index (χ2v) is 4.88. The smallest absolute Gasteiger partial charge is 0.265 e. The average molecular weight is 293 g/mol. The SMILES string of the molecule is Cc1c(C(N)=O)[nH]c2ncn3nc(-c4ccccn4)nc3c12. The number of H-pyrrole nitrogens is 1. The third-order valence-electron chi connectivity index (χ3n) is 3.52. The summed E-state index contributed by atoms with van der Waals surface area (Å²) < 4.78 is 1.57. The predicted octanol–water partition coefficient (Wildman–Crippen LogP) is 1.07. The van der Waals surface area contributed by atoms with Crippen LogP contribution < -0.4 is 5.73 Å². The van der Waals surface area contributed by atoms with Gasteiger partial charge in [-0.1, -0.05) is 6.07 Å². The molecule has 4 rings (SSSR count). The number of carbonyl (C=O) groups is 1. The highest BCUT2D eigenvalue weighted by Gasteiger charge is 2.18. The number of nitrogens with two attached hydrogens (primary N) is 1. The van der Waals surface area contributed by atoms with E-state index in [1.165, 1.54) is 6.33 Å². The molecule has 22 heavy (non-hydrogen) atoms. The molecule has 4 heterocycles. The molecule has 0 saturated heterocycles. The fraction of sp³-hybridized carbons (Fsp3) is 0.0714. The maximum absolute atomic E-state index is 11.5. The van der Waals surface area contributed by atoms with E-state index in [9.17, 15) is 4.79 Å². The van der Waals surface area contributed by atoms with Crippen molar-refractivity contribution < 1.29 is 4.79 Å². The molecule has 0 saturated carbocycles. The number of rotatable bonds is 2. The summed E-state index contributed by atoms with van der Waals surface area (Å²) in [7, 11) is 0. The van der Waals surface area contributed by atoms with Crippen molar-refractivity contribution in [2.24, 2.45) is 5.73 Å². The number of pyridine rings is 1. The summed E-state index contributed by atoms with van der Waals surface area (Å²) in [6.07, 6.45) is 3.22. The summed E-state index contributed by atoms with van der Waals surface area (Å²) in [6, 6.07) is 5.53. The molecule has 0 aromatic carbocycles. The van der Waals surface area contributed by atoms with E-state index in [0.717, 1.165) is 5.39 Å². The second kappa shape index (κ2) is 4.35. The van der Waals surface area contributed by atoms with E-state index in [2.05, 4.69) is 25.0 Å². The van der Waals surface area contributed by atoms with Gasteiger partial charge < -0.3 is 10.7 Å². The fourth-order valence-electron chi connectivity index (χ4n) is 2.48. The monoisotopic (exact) mass is 293 g/mol. The Morgan fingerprint density at radius 1 is 1.32 bits per heavy atom. The Labute approximate surface area is 124 Å². The van der Waals surface area contributed by atoms with Gasteiger partial charge in [-0.3, -0.25) is 9.78 Å². The van der Waals surface area contributed by atoms with Gasteiger partial charge in [-0.2, -0.15) is 0 Å². The summed E-state index contributed by atoms with van der Waals surface area (Å²) in [5.41, 5.74) is 8.24.